The summed E-state index contributed by atoms with van der Waals surface area (Å²) in [5, 5.41) is 2.92. The Bertz CT molecular complexity index is 1050. The lowest BCUT2D eigenvalue weighted by Crippen LogP contribution is -2.38. The van der Waals surface area contributed by atoms with Crippen LogP contribution in [0.2, 0.25) is 0 Å². The number of fused-ring (bicyclic) bond motifs is 2. The zero-order valence-corrected chi connectivity index (χ0v) is 16.4. The first kappa shape index (κ1) is 18.6. The molecule has 1 N–H and O–H groups in total. The van der Waals surface area contributed by atoms with Crippen molar-refractivity contribution in [2.24, 2.45) is 0 Å². The Labute approximate surface area is 173 Å². The van der Waals surface area contributed by atoms with Crippen LogP contribution in [0.4, 0.5) is 0 Å². The molecule has 0 spiro atoms. The van der Waals surface area contributed by atoms with E-state index in [1.807, 2.05) is 24.4 Å². The molecule has 0 fully saturated rings. The second kappa shape index (κ2) is 8.16. The smallest absolute Gasteiger partial charge is 0.251 e. The first-order chi connectivity index (χ1) is 14.8. The van der Waals surface area contributed by atoms with Gasteiger partial charge in [0.1, 0.15) is 12.4 Å². The number of pyridine rings is 1. The molecule has 5 rings (SSSR count). The Morgan fingerprint density at radius 1 is 1.13 bits per heavy atom. The molecule has 1 aromatic carbocycles. The quantitative estimate of drug-likeness (QED) is 0.716. The summed E-state index contributed by atoms with van der Waals surface area (Å²) >= 11 is 0. The van der Waals surface area contributed by atoms with Gasteiger partial charge in [0.25, 0.3) is 5.91 Å². The zero-order chi connectivity index (χ0) is 20.3. The largest absolute Gasteiger partial charge is 0.490 e. The van der Waals surface area contributed by atoms with Crippen LogP contribution < -0.4 is 14.8 Å². The van der Waals surface area contributed by atoms with Crippen LogP contribution in [0.15, 0.2) is 48.9 Å². The summed E-state index contributed by atoms with van der Waals surface area (Å²) in [6.07, 6.45) is 5.98. The number of ether oxygens (including phenoxy) is 3. The van der Waals surface area contributed by atoms with Gasteiger partial charge in [0, 0.05) is 42.7 Å². The third kappa shape index (κ3) is 3.86. The highest BCUT2D eigenvalue weighted by atomic mass is 16.5. The van der Waals surface area contributed by atoms with Gasteiger partial charge in [-0.25, -0.2) is 4.98 Å². The van der Waals surface area contributed by atoms with Crippen LogP contribution in [-0.2, 0) is 17.9 Å². The highest BCUT2D eigenvalue weighted by Gasteiger charge is 2.22. The minimum Gasteiger partial charge on any atom is -0.490 e. The molecule has 0 aliphatic carbocycles. The fourth-order valence-corrected chi connectivity index (χ4v) is 3.59. The van der Waals surface area contributed by atoms with Gasteiger partial charge in [0.2, 0.25) is 0 Å². The Balaban J connectivity index is 1.26. The predicted octanol–water partition coefficient (Wildman–Crippen LogP) is 2.44. The fourth-order valence-electron chi connectivity index (χ4n) is 3.59. The molecule has 154 valence electrons. The maximum atomic E-state index is 12.2. The molecule has 30 heavy (non-hydrogen) atoms. The summed E-state index contributed by atoms with van der Waals surface area (Å²) in [6.45, 7) is 2.78. The Kier molecular flexibility index (Phi) is 5.06. The molecule has 0 saturated heterocycles. The van der Waals surface area contributed by atoms with Gasteiger partial charge in [-0.3, -0.25) is 9.78 Å². The molecule has 0 unspecified atom stereocenters. The summed E-state index contributed by atoms with van der Waals surface area (Å²) < 4.78 is 19.5. The number of carbonyl (C=O) groups excluding carboxylic acids is 1. The first-order valence-electron chi connectivity index (χ1n) is 10.0. The van der Waals surface area contributed by atoms with Crippen LogP contribution in [0.25, 0.3) is 11.3 Å². The third-order valence-corrected chi connectivity index (χ3v) is 5.18. The summed E-state index contributed by atoms with van der Waals surface area (Å²) in [5.74, 6) is 2.26. The highest BCUT2D eigenvalue weighted by Crippen LogP contribution is 2.34. The summed E-state index contributed by atoms with van der Waals surface area (Å²) in [7, 11) is 0. The molecule has 2 aromatic heterocycles. The summed E-state index contributed by atoms with van der Waals surface area (Å²) in [6, 6.07) is 9.28. The molecular weight excluding hydrogens is 384 g/mol. The topological polar surface area (TPSA) is 87.5 Å². The van der Waals surface area contributed by atoms with Gasteiger partial charge in [-0.15, -0.1) is 0 Å². The molecule has 8 heteroatoms. The van der Waals surface area contributed by atoms with Crippen LogP contribution in [0, 0.1) is 0 Å². The molecule has 1 amide bonds. The average Bonchev–Trinajstić information content (AvgIpc) is 3.07. The summed E-state index contributed by atoms with van der Waals surface area (Å²) in [5.41, 5.74) is 2.43. The number of hydrogen-bond acceptors (Lipinski definition) is 6. The lowest BCUT2D eigenvalue weighted by Gasteiger charge is -2.24. The second-order valence-corrected chi connectivity index (χ2v) is 7.29. The van der Waals surface area contributed by atoms with E-state index in [0.29, 0.717) is 38.5 Å². The second-order valence-electron chi connectivity index (χ2n) is 7.29. The highest BCUT2D eigenvalue weighted by molar-refractivity contribution is 5.93. The SMILES string of the molecule is O=C(NC[C@H]1Cn2cc(-c3ccc4c(c3)OCCCO4)nc2CO1)c1ccncc1. The van der Waals surface area contributed by atoms with E-state index in [-0.39, 0.29) is 12.0 Å². The van der Waals surface area contributed by atoms with E-state index < -0.39 is 0 Å². The van der Waals surface area contributed by atoms with Gasteiger partial charge in [-0.1, -0.05) is 0 Å². The Hall–Kier alpha value is -3.39. The van der Waals surface area contributed by atoms with Crippen molar-refractivity contribution in [3.8, 4) is 22.8 Å². The number of benzene rings is 1. The van der Waals surface area contributed by atoms with Gasteiger partial charge >= 0.3 is 0 Å². The first-order valence-corrected chi connectivity index (χ1v) is 10.0. The van der Waals surface area contributed by atoms with Gasteiger partial charge in [0.15, 0.2) is 11.5 Å². The van der Waals surface area contributed by atoms with Gasteiger partial charge < -0.3 is 24.1 Å². The van der Waals surface area contributed by atoms with Crippen molar-refractivity contribution in [2.75, 3.05) is 19.8 Å². The van der Waals surface area contributed by atoms with Gasteiger partial charge in [0.05, 0.1) is 31.6 Å². The molecule has 0 radical (unpaired) electrons. The van der Waals surface area contributed by atoms with Crippen LogP contribution >= 0.6 is 0 Å². The van der Waals surface area contributed by atoms with Crippen molar-refractivity contribution in [1.29, 1.82) is 0 Å². The number of hydrogen-bond donors (Lipinski definition) is 1. The van der Waals surface area contributed by atoms with E-state index in [1.54, 1.807) is 24.5 Å². The molecule has 2 aliphatic heterocycles. The molecular formula is C22H22N4O4. The number of nitrogens with zero attached hydrogens (tertiary/aromatic N) is 3. The van der Waals surface area contributed by atoms with Crippen LogP contribution in [-0.4, -0.2) is 46.3 Å². The Morgan fingerprint density at radius 2 is 1.97 bits per heavy atom. The van der Waals surface area contributed by atoms with Crippen molar-refractivity contribution >= 4 is 5.91 Å². The standard InChI is InChI=1S/C22H22N4O4/c27-22(15-4-6-23-7-5-15)24-11-17-12-26-13-18(25-21(26)14-30-17)16-2-3-19-20(10-16)29-9-1-8-28-19/h2-7,10,13,17H,1,8-9,11-12,14H2,(H,24,27)/t17-/m0/s1. The zero-order valence-electron chi connectivity index (χ0n) is 16.4. The van der Waals surface area contributed by atoms with Crippen LogP contribution in [0.5, 0.6) is 11.5 Å². The fraction of sp³-hybridized carbons (Fsp3) is 0.318. The number of amides is 1. The van der Waals surface area contributed by atoms with E-state index in [1.165, 1.54) is 0 Å². The maximum absolute atomic E-state index is 12.2. The van der Waals surface area contributed by atoms with Crippen molar-refractivity contribution in [3.05, 3.63) is 60.3 Å². The molecule has 0 saturated carbocycles. The van der Waals surface area contributed by atoms with E-state index in [4.69, 9.17) is 19.2 Å². The number of carbonyl (C=O) groups is 1. The minimum absolute atomic E-state index is 0.117. The summed E-state index contributed by atoms with van der Waals surface area (Å²) in [4.78, 5) is 20.9. The lowest BCUT2D eigenvalue weighted by molar-refractivity contribution is 0.00327. The predicted molar refractivity (Wildman–Crippen MR) is 108 cm³/mol. The molecule has 8 nitrogen and oxygen atoms in total. The Morgan fingerprint density at radius 3 is 2.83 bits per heavy atom. The number of imidazole rings is 1. The van der Waals surface area contributed by atoms with Crippen molar-refractivity contribution in [1.82, 2.24) is 19.9 Å². The van der Waals surface area contributed by atoms with E-state index in [9.17, 15) is 4.79 Å². The van der Waals surface area contributed by atoms with Crippen molar-refractivity contribution in [2.45, 2.75) is 25.7 Å². The number of nitrogens with one attached hydrogen (secondary N) is 1. The molecule has 4 heterocycles. The van der Waals surface area contributed by atoms with E-state index in [0.717, 1.165) is 35.0 Å². The average molecular weight is 406 g/mol. The van der Waals surface area contributed by atoms with Gasteiger partial charge in [-0.2, -0.15) is 0 Å². The number of aromatic nitrogens is 3. The minimum atomic E-state index is -0.134. The maximum Gasteiger partial charge on any atom is 0.251 e. The molecule has 1 atom stereocenters. The molecule has 3 aromatic rings. The number of rotatable bonds is 4. The van der Waals surface area contributed by atoms with Crippen LogP contribution in [0.3, 0.4) is 0 Å². The lowest BCUT2D eigenvalue weighted by atomic mass is 10.1. The van der Waals surface area contributed by atoms with E-state index in [2.05, 4.69) is 14.9 Å². The van der Waals surface area contributed by atoms with E-state index >= 15 is 0 Å². The third-order valence-electron chi connectivity index (χ3n) is 5.18. The van der Waals surface area contributed by atoms with Crippen LogP contribution in [0.1, 0.15) is 22.6 Å². The molecule has 2 aliphatic rings. The van der Waals surface area contributed by atoms with Crippen molar-refractivity contribution < 1.29 is 19.0 Å². The monoisotopic (exact) mass is 406 g/mol. The van der Waals surface area contributed by atoms with Gasteiger partial charge in [-0.05, 0) is 30.3 Å². The molecule has 0 bridgehead atoms. The van der Waals surface area contributed by atoms with Crippen molar-refractivity contribution in [3.63, 3.8) is 0 Å². The normalized spacial score (nSPS) is 17.7.